The molecule has 0 rings (SSSR count). The van der Waals surface area contributed by atoms with Gasteiger partial charge in [0.1, 0.15) is 0 Å². The Morgan fingerprint density at radius 3 is 2.75 bits per heavy atom. The van der Waals surface area contributed by atoms with Gasteiger partial charge in [-0.25, -0.2) is 4.79 Å². The Morgan fingerprint density at radius 2 is 2.25 bits per heavy atom. The zero-order chi connectivity index (χ0) is 9.40. The van der Waals surface area contributed by atoms with Gasteiger partial charge in [0.2, 0.25) is 0 Å². The van der Waals surface area contributed by atoms with Crippen LogP contribution in [0.15, 0.2) is 11.8 Å². The Morgan fingerprint density at radius 1 is 1.58 bits per heavy atom. The quantitative estimate of drug-likeness (QED) is 0.423. The standard InChI is InChI=1S/C7H13NO4/c1-11-2-3-12-5-6(8)4-7(9)10/h4H,2-3,5,8H2,1H3,(H,9,10)/b6-4-. The van der Waals surface area contributed by atoms with E-state index in [4.69, 9.17) is 20.3 Å². The molecule has 0 aliphatic heterocycles. The molecule has 0 unspecified atom stereocenters. The van der Waals surface area contributed by atoms with Crippen molar-refractivity contribution in [3.63, 3.8) is 0 Å². The molecule has 0 aliphatic carbocycles. The summed E-state index contributed by atoms with van der Waals surface area (Å²) in [5.41, 5.74) is 5.46. The molecule has 0 aromatic rings. The summed E-state index contributed by atoms with van der Waals surface area (Å²) < 4.78 is 9.66. The van der Waals surface area contributed by atoms with Gasteiger partial charge in [-0.15, -0.1) is 0 Å². The maximum atomic E-state index is 10.1. The molecule has 0 atom stereocenters. The maximum absolute atomic E-state index is 10.1. The molecule has 5 heteroatoms. The summed E-state index contributed by atoms with van der Waals surface area (Å²) in [6, 6.07) is 0. The molecule has 12 heavy (non-hydrogen) atoms. The average Bonchev–Trinajstić information content (AvgIpc) is 1.97. The number of rotatable bonds is 6. The van der Waals surface area contributed by atoms with Crippen LogP contribution in [0.2, 0.25) is 0 Å². The molecular formula is C7H13NO4. The van der Waals surface area contributed by atoms with Crippen LogP contribution in [-0.2, 0) is 14.3 Å². The highest BCUT2D eigenvalue weighted by Gasteiger charge is 1.94. The summed E-state index contributed by atoms with van der Waals surface area (Å²) in [7, 11) is 1.56. The minimum atomic E-state index is -1.07. The molecule has 0 bridgehead atoms. The molecule has 70 valence electrons. The van der Waals surface area contributed by atoms with Crippen molar-refractivity contribution in [2.24, 2.45) is 5.73 Å². The predicted octanol–water partition coefficient (Wildman–Crippen LogP) is -0.423. The molecule has 0 aliphatic rings. The molecule has 0 spiro atoms. The molecule has 0 radical (unpaired) electrons. The highest BCUT2D eigenvalue weighted by molar-refractivity contribution is 5.80. The van der Waals surface area contributed by atoms with E-state index in [-0.39, 0.29) is 12.3 Å². The summed E-state index contributed by atoms with van der Waals surface area (Å²) in [4.78, 5) is 10.1. The number of hydrogen-bond acceptors (Lipinski definition) is 4. The van der Waals surface area contributed by atoms with Crippen molar-refractivity contribution in [3.8, 4) is 0 Å². The number of carboxylic acid groups (broad SMARTS) is 1. The van der Waals surface area contributed by atoms with Crippen LogP contribution >= 0.6 is 0 Å². The smallest absolute Gasteiger partial charge is 0.330 e. The van der Waals surface area contributed by atoms with Crippen LogP contribution in [0.3, 0.4) is 0 Å². The van der Waals surface area contributed by atoms with Gasteiger partial charge >= 0.3 is 5.97 Å². The third-order valence-electron chi connectivity index (χ3n) is 1.01. The van der Waals surface area contributed by atoms with E-state index in [1.807, 2.05) is 0 Å². The third kappa shape index (κ3) is 7.04. The highest BCUT2D eigenvalue weighted by Crippen LogP contribution is 1.86. The van der Waals surface area contributed by atoms with Gasteiger partial charge < -0.3 is 20.3 Å². The number of ether oxygens (including phenoxy) is 2. The lowest BCUT2D eigenvalue weighted by Gasteiger charge is -2.02. The van der Waals surface area contributed by atoms with Crippen molar-refractivity contribution < 1.29 is 19.4 Å². The number of carbonyl (C=O) groups is 1. The molecule has 5 nitrogen and oxygen atoms in total. The molecule has 0 aromatic heterocycles. The predicted molar refractivity (Wildman–Crippen MR) is 42.6 cm³/mol. The topological polar surface area (TPSA) is 81.8 Å². The Kier molecular flexibility index (Phi) is 6.04. The van der Waals surface area contributed by atoms with Crippen LogP contribution in [0.1, 0.15) is 0 Å². The molecule has 3 N–H and O–H groups in total. The van der Waals surface area contributed by atoms with Gasteiger partial charge in [-0.05, 0) is 0 Å². The van der Waals surface area contributed by atoms with Gasteiger partial charge in [-0.2, -0.15) is 0 Å². The lowest BCUT2D eigenvalue weighted by atomic mass is 10.4. The first-order valence-electron chi connectivity index (χ1n) is 3.42. The molecule has 0 saturated heterocycles. The molecule has 0 heterocycles. The van der Waals surface area contributed by atoms with Gasteiger partial charge in [0, 0.05) is 18.9 Å². The van der Waals surface area contributed by atoms with Crippen molar-refractivity contribution in [1.29, 1.82) is 0 Å². The fourth-order valence-electron chi connectivity index (χ4n) is 0.533. The van der Waals surface area contributed by atoms with Crippen LogP contribution in [0.5, 0.6) is 0 Å². The van der Waals surface area contributed by atoms with E-state index in [2.05, 4.69) is 0 Å². The van der Waals surface area contributed by atoms with Crippen LogP contribution in [0, 0.1) is 0 Å². The number of aliphatic carboxylic acids is 1. The molecule has 0 amide bonds. The first-order valence-corrected chi connectivity index (χ1v) is 3.42. The van der Waals surface area contributed by atoms with Crippen LogP contribution in [-0.4, -0.2) is 38.0 Å². The van der Waals surface area contributed by atoms with E-state index in [9.17, 15) is 4.79 Å². The van der Waals surface area contributed by atoms with Gasteiger partial charge in [-0.3, -0.25) is 0 Å². The van der Waals surface area contributed by atoms with Crippen molar-refractivity contribution in [1.82, 2.24) is 0 Å². The van der Waals surface area contributed by atoms with Crippen LogP contribution in [0.25, 0.3) is 0 Å². The zero-order valence-corrected chi connectivity index (χ0v) is 6.95. The second-order valence-corrected chi connectivity index (χ2v) is 2.10. The second kappa shape index (κ2) is 6.63. The van der Waals surface area contributed by atoms with Crippen LogP contribution < -0.4 is 5.73 Å². The summed E-state index contributed by atoms with van der Waals surface area (Å²) in [6.45, 7) is 1.00. The largest absolute Gasteiger partial charge is 0.478 e. The van der Waals surface area contributed by atoms with E-state index >= 15 is 0 Å². The number of nitrogens with two attached hydrogens (primary N) is 1. The molecular weight excluding hydrogens is 162 g/mol. The van der Waals surface area contributed by atoms with E-state index < -0.39 is 5.97 Å². The fourth-order valence-corrected chi connectivity index (χ4v) is 0.533. The number of methoxy groups -OCH3 is 1. The third-order valence-corrected chi connectivity index (χ3v) is 1.01. The Hall–Kier alpha value is -1.07. The summed E-state index contributed by atoms with van der Waals surface area (Å²) >= 11 is 0. The van der Waals surface area contributed by atoms with E-state index in [1.54, 1.807) is 7.11 Å². The zero-order valence-electron chi connectivity index (χ0n) is 6.95. The fraction of sp³-hybridized carbons (Fsp3) is 0.571. The van der Waals surface area contributed by atoms with Gasteiger partial charge in [0.25, 0.3) is 0 Å². The first kappa shape index (κ1) is 10.9. The lowest BCUT2D eigenvalue weighted by Crippen LogP contribution is -2.11. The summed E-state index contributed by atoms with van der Waals surface area (Å²) in [5.74, 6) is -1.07. The molecule has 0 fully saturated rings. The van der Waals surface area contributed by atoms with E-state index in [0.717, 1.165) is 6.08 Å². The minimum absolute atomic E-state index is 0.121. The van der Waals surface area contributed by atoms with Crippen molar-refractivity contribution >= 4 is 5.97 Å². The monoisotopic (exact) mass is 175 g/mol. The normalized spacial score (nSPS) is 11.6. The van der Waals surface area contributed by atoms with Crippen molar-refractivity contribution in [2.45, 2.75) is 0 Å². The minimum Gasteiger partial charge on any atom is -0.478 e. The lowest BCUT2D eigenvalue weighted by molar-refractivity contribution is -0.131. The molecule has 0 saturated carbocycles. The average molecular weight is 175 g/mol. The Bertz CT molecular complexity index is 167. The first-order chi connectivity index (χ1) is 5.66. The number of hydrogen-bond donors (Lipinski definition) is 2. The van der Waals surface area contributed by atoms with Gasteiger partial charge in [-0.1, -0.05) is 0 Å². The number of carboxylic acids is 1. The van der Waals surface area contributed by atoms with Crippen LogP contribution in [0.4, 0.5) is 0 Å². The van der Waals surface area contributed by atoms with Gasteiger partial charge in [0.15, 0.2) is 0 Å². The van der Waals surface area contributed by atoms with Crippen molar-refractivity contribution in [2.75, 3.05) is 26.9 Å². The second-order valence-electron chi connectivity index (χ2n) is 2.10. The Labute approximate surface area is 70.8 Å². The van der Waals surface area contributed by atoms with E-state index in [0.29, 0.717) is 13.2 Å². The Balaban J connectivity index is 3.43. The summed E-state index contributed by atoms with van der Waals surface area (Å²) in [5, 5.41) is 8.25. The van der Waals surface area contributed by atoms with Crippen molar-refractivity contribution in [3.05, 3.63) is 11.8 Å². The highest BCUT2D eigenvalue weighted by atomic mass is 16.5. The summed E-state index contributed by atoms with van der Waals surface area (Å²) in [6.07, 6.45) is 0.910. The van der Waals surface area contributed by atoms with E-state index in [1.165, 1.54) is 0 Å². The maximum Gasteiger partial charge on any atom is 0.330 e. The SMILES string of the molecule is COCCOC/C(N)=C/C(=O)O. The molecule has 0 aromatic carbocycles. The van der Waals surface area contributed by atoms with Gasteiger partial charge in [0.05, 0.1) is 19.8 Å².